The lowest BCUT2D eigenvalue weighted by molar-refractivity contribution is 0.194. The second-order valence-corrected chi connectivity index (χ2v) is 4.47. The number of unbranched alkanes of at least 4 members (excludes halogenated alkanes) is 1. The van der Waals surface area contributed by atoms with Crippen LogP contribution in [0.15, 0.2) is 30.5 Å². The zero-order valence-corrected chi connectivity index (χ0v) is 11.1. The molecule has 0 radical (unpaired) electrons. The molecule has 0 aliphatic rings. The van der Waals surface area contributed by atoms with Gasteiger partial charge in [-0.15, -0.1) is 0 Å². The molecule has 5 N–H and O–H groups in total. The summed E-state index contributed by atoms with van der Waals surface area (Å²) in [6.07, 6.45) is 2.30. The Hall–Kier alpha value is -2.50. The van der Waals surface area contributed by atoms with Crippen molar-refractivity contribution in [3.63, 3.8) is 0 Å². The molecule has 6 heteroatoms. The minimum Gasteiger partial charge on any atom is -0.465 e. The number of aromatic nitrogens is 1. The van der Waals surface area contributed by atoms with Gasteiger partial charge < -0.3 is 21.5 Å². The third-order valence-electron chi connectivity index (χ3n) is 2.99. The number of nitrogens with one attached hydrogen (secondary N) is 2. The van der Waals surface area contributed by atoms with Crippen LogP contribution in [0.1, 0.15) is 12.8 Å². The summed E-state index contributed by atoms with van der Waals surface area (Å²) in [5, 5.41) is 15.1. The van der Waals surface area contributed by atoms with Gasteiger partial charge in [0.1, 0.15) is 0 Å². The average Bonchev–Trinajstić information content (AvgIpc) is 2.44. The molecule has 1 aromatic heterocycles. The quantitative estimate of drug-likeness (QED) is 0.605. The van der Waals surface area contributed by atoms with Crippen LogP contribution in [0.4, 0.5) is 16.2 Å². The summed E-state index contributed by atoms with van der Waals surface area (Å²) >= 11 is 0. The molecule has 0 unspecified atom stereocenters. The molecule has 20 heavy (non-hydrogen) atoms. The van der Waals surface area contributed by atoms with Crippen molar-refractivity contribution >= 4 is 28.4 Å². The van der Waals surface area contributed by atoms with Gasteiger partial charge in [-0.1, -0.05) is 18.2 Å². The monoisotopic (exact) mass is 274 g/mol. The summed E-state index contributed by atoms with van der Waals surface area (Å²) < 4.78 is 0. The number of amides is 1. The largest absolute Gasteiger partial charge is 0.465 e. The Balaban J connectivity index is 1.92. The van der Waals surface area contributed by atoms with Crippen molar-refractivity contribution in [3.8, 4) is 0 Å². The Bertz CT molecular complexity index is 601. The Morgan fingerprint density at radius 3 is 2.80 bits per heavy atom. The molecule has 1 amide bonds. The zero-order chi connectivity index (χ0) is 14.4. The van der Waals surface area contributed by atoms with Gasteiger partial charge in [-0.05, 0) is 18.9 Å². The molecule has 0 aliphatic heterocycles. The van der Waals surface area contributed by atoms with Gasteiger partial charge >= 0.3 is 6.09 Å². The molecule has 0 atom stereocenters. The van der Waals surface area contributed by atoms with E-state index in [1.165, 1.54) is 0 Å². The van der Waals surface area contributed by atoms with Crippen molar-refractivity contribution < 1.29 is 9.90 Å². The number of anilines is 2. The highest BCUT2D eigenvalue weighted by molar-refractivity contribution is 5.96. The van der Waals surface area contributed by atoms with E-state index < -0.39 is 6.09 Å². The molecule has 1 aromatic carbocycles. The predicted octanol–water partition coefficient (Wildman–Crippen LogP) is 2.28. The van der Waals surface area contributed by atoms with E-state index in [4.69, 9.17) is 10.8 Å². The minimum atomic E-state index is -0.984. The number of carbonyl (C=O) groups is 1. The first-order valence-corrected chi connectivity index (χ1v) is 6.52. The van der Waals surface area contributed by atoms with E-state index in [0.717, 1.165) is 36.0 Å². The van der Waals surface area contributed by atoms with Crippen molar-refractivity contribution in [1.82, 2.24) is 10.3 Å². The van der Waals surface area contributed by atoms with Crippen LogP contribution in [0.25, 0.3) is 10.9 Å². The van der Waals surface area contributed by atoms with E-state index in [-0.39, 0.29) is 0 Å². The molecule has 2 rings (SSSR count). The van der Waals surface area contributed by atoms with Gasteiger partial charge in [0, 0.05) is 18.5 Å². The van der Waals surface area contributed by atoms with Gasteiger partial charge in [0.05, 0.1) is 23.1 Å². The standard InChI is InChI=1S/C14H18N4O2/c15-11-9-18-12-6-2-1-5-10(12)13(11)16-7-3-4-8-17-14(19)20/h1-2,5-6,9,17H,3-4,7-8,15H2,(H,16,18)(H,19,20). The number of nitrogens with two attached hydrogens (primary N) is 1. The van der Waals surface area contributed by atoms with E-state index in [9.17, 15) is 4.79 Å². The highest BCUT2D eigenvalue weighted by atomic mass is 16.4. The second kappa shape index (κ2) is 6.60. The molecular weight excluding hydrogens is 256 g/mol. The van der Waals surface area contributed by atoms with Crippen molar-refractivity contribution in [2.45, 2.75) is 12.8 Å². The summed E-state index contributed by atoms with van der Waals surface area (Å²) in [5.41, 5.74) is 8.36. The van der Waals surface area contributed by atoms with Crippen LogP contribution in [0.2, 0.25) is 0 Å². The first-order chi connectivity index (χ1) is 9.68. The maximum absolute atomic E-state index is 10.3. The fourth-order valence-corrected chi connectivity index (χ4v) is 2.01. The average molecular weight is 274 g/mol. The maximum Gasteiger partial charge on any atom is 0.404 e. The number of nitrogen functional groups attached to an aromatic ring is 1. The Kier molecular flexibility index (Phi) is 4.60. The van der Waals surface area contributed by atoms with Crippen molar-refractivity contribution in [3.05, 3.63) is 30.5 Å². The lowest BCUT2D eigenvalue weighted by Gasteiger charge is -2.12. The van der Waals surface area contributed by atoms with Crippen molar-refractivity contribution in [2.24, 2.45) is 0 Å². The zero-order valence-electron chi connectivity index (χ0n) is 11.1. The number of nitrogens with zero attached hydrogens (tertiary/aromatic N) is 1. The van der Waals surface area contributed by atoms with Crippen LogP contribution in [0, 0.1) is 0 Å². The lowest BCUT2D eigenvalue weighted by Crippen LogP contribution is -2.22. The van der Waals surface area contributed by atoms with Crippen molar-refractivity contribution in [1.29, 1.82) is 0 Å². The lowest BCUT2D eigenvalue weighted by atomic mass is 10.1. The number of hydrogen-bond donors (Lipinski definition) is 4. The summed E-state index contributed by atoms with van der Waals surface area (Å²) in [7, 11) is 0. The number of carboxylic acid groups (broad SMARTS) is 1. The van der Waals surface area contributed by atoms with Gasteiger partial charge in [0.25, 0.3) is 0 Å². The molecule has 1 heterocycles. The number of hydrogen-bond acceptors (Lipinski definition) is 4. The fourth-order valence-electron chi connectivity index (χ4n) is 2.01. The Morgan fingerprint density at radius 2 is 2.00 bits per heavy atom. The highest BCUT2D eigenvalue weighted by Gasteiger charge is 2.05. The maximum atomic E-state index is 10.3. The first-order valence-electron chi connectivity index (χ1n) is 6.52. The molecule has 6 nitrogen and oxygen atoms in total. The first kappa shape index (κ1) is 13.9. The highest BCUT2D eigenvalue weighted by Crippen LogP contribution is 2.27. The Morgan fingerprint density at radius 1 is 1.25 bits per heavy atom. The number of fused-ring (bicyclic) bond motifs is 1. The molecule has 0 fully saturated rings. The third-order valence-corrected chi connectivity index (χ3v) is 2.99. The number of pyridine rings is 1. The summed E-state index contributed by atoms with van der Waals surface area (Å²) in [4.78, 5) is 14.6. The van der Waals surface area contributed by atoms with E-state index >= 15 is 0 Å². The summed E-state index contributed by atoms with van der Waals surface area (Å²) in [6.45, 7) is 1.20. The van der Waals surface area contributed by atoms with Crippen LogP contribution in [0.5, 0.6) is 0 Å². The molecule has 0 spiro atoms. The predicted molar refractivity (Wildman–Crippen MR) is 79.9 cm³/mol. The third kappa shape index (κ3) is 3.50. The topological polar surface area (TPSA) is 100 Å². The molecule has 2 aromatic rings. The van der Waals surface area contributed by atoms with Crippen molar-refractivity contribution in [2.75, 3.05) is 24.1 Å². The van der Waals surface area contributed by atoms with Crippen LogP contribution < -0.4 is 16.4 Å². The second-order valence-electron chi connectivity index (χ2n) is 4.47. The number of para-hydroxylation sites is 1. The molecule has 0 saturated carbocycles. The number of benzene rings is 1. The van der Waals surface area contributed by atoms with E-state index in [1.807, 2.05) is 24.3 Å². The summed E-state index contributed by atoms with van der Waals surface area (Å²) in [6, 6.07) is 7.81. The van der Waals surface area contributed by atoms with Crippen LogP contribution in [-0.2, 0) is 0 Å². The van der Waals surface area contributed by atoms with Gasteiger partial charge in [-0.3, -0.25) is 4.98 Å². The van der Waals surface area contributed by atoms with Crippen LogP contribution in [0.3, 0.4) is 0 Å². The Labute approximate surface area is 117 Å². The fraction of sp³-hybridized carbons (Fsp3) is 0.286. The van der Waals surface area contributed by atoms with Crippen LogP contribution in [-0.4, -0.2) is 29.3 Å². The molecule has 0 bridgehead atoms. The van der Waals surface area contributed by atoms with Gasteiger partial charge in [-0.2, -0.15) is 0 Å². The van der Waals surface area contributed by atoms with E-state index in [2.05, 4.69) is 15.6 Å². The van der Waals surface area contributed by atoms with Crippen LogP contribution >= 0.6 is 0 Å². The summed E-state index contributed by atoms with van der Waals surface area (Å²) in [5.74, 6) is 0. The smallest absolute Gasteiger partial charge is 0.404 e. The molecular formula is C14H18N4O2. The molecule has 0 saturated heterocycles. The number of rotatable bonds is 6. The molecule has 106 valence electrons. The van der Waals surface area contributed by atoms with E-state index in [1.54, 1.807) is 6.20 Å². The van der Waals surface area contributed by atoms with Gasteiger partial charge in [0.15, 0.2) is 0 Å². The van der Waals surface area contributed by atoms with Gasteiger partial charge in [0.2, 0.25) is 0 Å². The molecule has 0 aliphatic carbocycles. The normalized spacial score (nSPS) is 10.4. The minimum absolute atomic E-state index is 0.462. The SMILES string of the molecule is Nc1cnc2ccccc2c1NCCCCNC(=O)O. The van der Waals surface area contributed by atoms with Gasteiger partial charge in [-0.25, -0.2) is 4.79 Å². The van der Waals surface area contributed by atoms with E-state index in [0.29, 0.717) is 12.2 Å².